The predicted molar refractivity (Wildman–Crippen MR) is 123 cm³/mol. The largest absolute Gasteiger partial charge is 0.462 e. The highest BCUT2D eigenvalue weighted by molar-refractivity contribution is 5.89. The monoisotopic (exact) mass is 395 g/mol. The molecule has 0 amide bonds. The summed E-state index contributed by atoms with van der Waals surface area (Å²) in [7, 11) is 0. The van der Waals surface area contributed by atoms with E-state index in [9.17, 15) is 4.79 Å². The van der Waals surface area contributed by atoms with Crippen molar-refractivity contribution < 1.29 is 9.53 Å². The van der Waals surface area contributed by atoms with Crippen LogP contribution < -0.4 is 5.32 Å². The Morgan fingerprint density at radius 3 is 1.93 bits per heavy atom. The van der Waals surface area contributed by atoms with Gasteiger partial charge >= 0.3 is 5.97 Å². The molecule has 29 heavy (non-hydrogen) atoms. The van der Waals surface area contributed by atoms with Gasteiger partial charge in [-0.05, 0) is 58.2 Å². The molecule has 0 radical (unpaired) electrons. The molecule has 0 aliphatic rings. The summed E-state index contributed by atoms with van der Waals surface area (Å²) < 4.78 is 5.27. The van der Waals surface area contributed by atoms with Crippen LogP contribution in [0, 0.1) is 0 Å². The van der Waals surface area contributed by atoms with Gasteiger partial charge in [0.15, 0.2) is 0 Å². The van der Waals surface area contributed by atoms with Crippen LogP contribution in [0.2, 0.25) is 0 Å². The number of carbonyl (C=O) groups is 1. The van der Waals surface area contributed by atoms with E-state index in [0.717, 1.165) is 25.1 Å². The van der Waals surface area contributed by atoms with Gasteiger partial charge in [0.25, 0.3) is 0 Å². The zero-order chi connectivity index (χ0) is 21.7. The summed E-state index contributed by atoms with van der Waals surface area (Å²) in [5, 5.41) is 3.48. The molecule has 0 spiro atoms. The van der Waals surface area contributed by atoms with E-state index in [2.05, 4.69) is 72.0 Å². The molecular weight excluding hydrogens is 358 g/mol. The summed E-state index contributed by atoms with van der Waals surface area (Å²) in [6.07, 6.45) is 1.92. The van der Waals surface area contributed by atoms with E-state index in [1.807, 2.05) is 24.3 Å². The predicted octanol–water partition coefficient (Wildman–Crippen LogP) is 6.85. The number of anilines is 1. The Labute approximate surface area is 176 Å². The molecular formula is C26H37NO2. The van der Waals surface area contributed by atoms with Crippen molar-refractivity contribution in [2.75, 3.05) is 11.9 Å². The second-order valence-corrected chi connectivity index (χ2v) is 9.84. The molecule has 0 aliphatic carbocycles. The molecule has 0 bridgehead atoms. The Morgan fingerprint density at radius 1 is 0.897 bits per heavy atom. The van der Waals surface area contributed by atoms with Crippen LogP contribution in [-0.2, 0) is 22.1 Å². The van der Waals surface area contributed by atoms with Crippen molar-refractivity contribution >= 4 is 11.7 Å². The molecule has 2 rings (SSSR count). The first-order valence-electron chi connectivity index (χ1n) is 10.7. The third kappa shape index (κ3) is 6.92. The molecule has 3 heteroatoms. The van der Waals surface area contributed by atoms with E-state index in [1.165, 1.54) is 16.7 Å². The molecule has 0 saturated heterocycles. The molecule has 1 N–H and O–H groups in total. The Balaban J connectivity index is 2.10. The number of unbranched alkanes of at least 4 members (excludes halogenated alkanes) is 1. The fourth-order valence-electron chi connectivity index (χ4n) is 2.98. The van der Waals surface area contributed by atoms with Gasteiger partial charge in [-0.25, -0.2) is 4.79 Å². The van der Waals surface area contributed by atoms with Crippen molar-refractivity contribution in [3.63, 3.8) is 0 Å². The summed E-state index contributed by atoms with van der Waals surface area (Å²) >= 11 is 0. The van der Waals surface area contributed by atoms with E-state index in [0.29, 0.717) is 12.2 Å². The average molecular weight is 396 g/mol. The first-order chi connectivity index (χ1) is 13.5. The van der Waals surface area contributed by atoms with Crippen molar-refractivity contribution in [1.29, 1.82) is 0 Å². The fourth-order valence-corrected chi connectivity index (χ4v) is 2.98. The second kappa shape index (κ2) is 9.47. The molecule has 0 heterocycles. The lowest BCUT2D eigenvalue weighted by Gasteiger charge is -2.26. The molecule has 3 nitrogen and oxygen atoms in total. The first kappa shape index (κ1) is 23.0. The smallest absolute Gasteiger partial charge is 0.338 e. The van der Waals surface area contributed by atoms with Crippen LogP contribution in [0.4, 0.5) is 5.69 Å². The van der Waals surface area contributed by atoms with Gasteiger partial charge < -0.3 is 10.1 Å². The molecule has 2 aromatic rings. The molecule has 0 fully saturated rings. The number of hydrogen-bond acceptors (Lipinski definition) is 3. The van der Waals surface area contributed by atoms with Crippen molar-refractivity contribution in [2.24, 2.45) is 0 Å². The van der Waals surface area contributed by atoms with Crippen LogP contribution >= 0.6 is 0 Å². The van der Waals surface area contributed by atoms with E-state index in [1.54, 1.807) is 0 Å². The zero-order valence-electron chi connectivity index (χ0n) is 19.2. The lowest BCUT2D eigenvalue weighted by atomic mass is 9.79. The fraction of sp³-hybridized carbons (Fsp3) is 0.500. The lowest BCUT2D eigenvalue weighted by molar-refractivity contribution is 0.0500. The van der Waals surface area contributed by atoms with Gasteiger partial charge in [0.05, 0.1) is 12.2 Å². The first-order valence-corrected chi connectivity index (χ1v) is 10.7. The molecule has 0 unspecified atom stereocenters. The standard InChI is InChI=1S/C26H37NO2/c1-8-9-14-29-24(28)20-10-12-23(13-11-20)27-18-19-15-21(25(2,3)4)17-22(16-19)26(5,6)7/h10-13,15-17,27H,8-9,14,18H2,1-7H3. The minimum Gasteiger partial charge on any atom is -0.462 e. The van der Waals surface area contributed by atoms with Crippen LogP contribution in [0.15, 0.2) is 42.5 Å². The number of esters is 1. The van der Waals surface area contributed by atoms with Gasteiger partial charge in [-0.15, -0.1) is 0 Å². The van der Waals surface area contributed by atoms with Crippen molar-refractivity contribution in [3.8, 4) is 0 Å². The third-order valence-electron chi connectivity index (χ3n) is 5.07. The number of hydrogen-bond donors (Lipinski definition) is 1. The van der Waals surface area contributed by atoms with Crippen LogP contribution in [0.1, 0.15) is 88.4 Å². The van der Waals surface area contributed by atoms with Gasteiger partial charge in [0.2, 0.25) is 0 Å². The second-order valence-electron chi connectivity index (χ2n) is 9.84. The quantitative estimate of drug-likeness (QED) is 0.411. The Morgan fingerprint density at radius 2 is 1.45 bits per heavy atom. The van der Waals surface area contributed by atoms with Gasteiger partial charge in [-0.3, -0.25) is 0 Å². The normalized spacial score (nSPS) is 12.0. The highest BCUT2D eigenvalue weighted by atomic mass is 16.5. The van der Waals surface area contributed by atoms with Crippen molar-refractivity contribution in [3.05, 3.63) is 64.7 Å². The number of benzene rings is 2. The number of ether oxygens (including phenoxy) is 1. The summed E-state index contributed by atoms with van der Waals surface area (Å²) in [5.41, 5.74) is 5.78. The molecule has 158 valence electrons. The van der Waals surface area contributed by atoms with Gasteiger partial charge in [0.1, 0.15) is 0 Å². The molecule has 0 atom stereocenters. The summed E-state index contributed by atoms with van der Waals surface area (Å²) in [4.78, 5) is 12.0. The summed E-state index contributed by atoms with van der Waals surface area (Å²) in [6.45, 7) is 16.8. The van der Waals surface area contributed by atoms with Crippen LogP contribution in [0.5, 0.6) is 0 Å². The van der Waals surface area contributed by atoms with E-state index in [-0.39, 0.29) is 16.8 Å². The molecule has 0 aliphatic heterocycles. The third-order valence-corrected chi connectivity index (χ3v) is 5.07. The van der Waals surface area contributed by atoms with Gasteiger partial charge in [0, 0.05) is 12.2 Å². The van der Waals surface area contributed by atoms with Gasteiger partial charge in [-0.2, -0.15) is 0 Å². The average Bonchev–Trinajstić information content (AvgIpc) is 2.65. The number of rotatable bonds is 7. The van der Waals surface area contributed by atoms with Gasteiger partial charge in [-0.1, -0.05) is 73.1 Å². The number of nitrogens with one attached hydrogen (secondary N) is 1. The maximum atomic E-state index is 12.0. The minimum absolute atomic E-state index is 0.107. The van der Waals surface area contributed by atoms with Crippen LogP contribution in [-0.4, -0.2) is 12.6 Å². The zero-order valence-corrected chi connectivity index (χ0v) is 19.2. The van der Waals surface area contributed by atoms with Crippen LogP contribution in [0.3, 0.4) is 0 Å². The summed E-state index contributed by atoms with van der Waals surface area (Å²) in [5.74, 6) is -0.252. The molecule has 2 aromatic carbocycles. The Kier molecular flexibility index (Phi) is 7.51. The topological polar surface area (TPSA) is 38.3 Å². The summed E-state index contributed by atoms with van der Waals surface area (Å²) in [6, 6.07) is 14.4. The Bertz CT molecular complexity index is 776. The lowest BCUT2D eigenvalue weighted by Crippen LogP contribution is -2.17. The SMILES string of the molecule is CCCCOC(=O)c1ccc(NCc2cc(C(C)(C)C)cc(C(C)(C)C)c2)cc1. The minimum atomic E-state index is -0.252. The van der Waals surface area contributed by atoms with E-state index < -0.39 is 0 Å². The van der Waals surface area contributed by atoms with E-state index in [4.69, 9.17) is 4.74 Å². The van der Waals surface area contributed by atoms with Crippen molar-refractivity contribution in [2.45, 2.75) is 78.7 Å². The highest BCUT2D eigenvalue weighted by Gasteiger charge is 2.20. The maximum absolute atomic E-state index is 12.0. The maximum Gasteiger partial charge on any atom is 0.338 e. The van der Waals surface area contributed by atoms with E-state index >= 15 is 0 Å². The number of carbonyl (C=O) groups excluding carboxylic acids is 1. The van der Waals surface area contributed by atoms with Crippen LogP contribution in [0.25, 0.3) is 0 Å². The van der Waals surface area contributed by atoms with Crippen molar-refractivity contribution in [1.82, 2.24) is 0 Å². The molecule has 0 saturated carbocycles. The Hall–Kier alpha value is -2.29. The highest BCUT2D eigenvalue weighted by Crippen LogP contribution is 2.30. The molecule has 0 aromatic heterocycles.